The minimum Gasteiger partial charge on any atom is -0.353 e. The highest BCUT2D eigenvalue weighted by molar-refractivity contribution is 5.76. The Morgan fingerprint density at radius 2 is 2.09 bits per heavy atom. The minimum absolute atomic E-state index is 0.118. The fourth-order valence-corrected chi connectivity index (χ4v) is 3.20. The summed E-state index contributed by atoms with van der Waals surface area (Å²) in [4.78, 5) is 16.4. The molecule has 0 unspecified atom stereocenters. The Bertz CT molecular complexity index is 686. The first-order valence-corrected chi connectivity index (χ1v) is 8.40. The van der Waals surface area contributed by atoms with Gasteiger partial charge in [0.05, 0.1) is 5.69 Å². The molecule has 1 fully saturated rings. The zero-order valence-corrected chi connectivity index (χ0v) is 13.9. The van der Waals surface area contributed by atoms with Crippen LogP contribution >= 0.6 is 0 Å². The molecule has 23 heavy (non-hydrogen) atoms. The molecular formula is C18H24N4O. The van der Waals surface area contributed by atoms with E-state index in [2.05, 4.69) is 35.3 Å². The third-order valence-corrected chi connectivity index (χ3v) is 4.72. The van der Waals surface area contributed by atoms with E-state index < -0.39 is 0 Å². The van der Waals surface area contributed by atoms with Gasteiger partial charge in [0.2, 0.25) is 5.91 Å². The van der Waals surface area contributed by atoms with Gasteiger partial charge in [-0.15, -0.1) is 0 Å². The summed E-state index contributed by atoms with van der Waals surface area (Å²) < 4.78 is 1.85. The van der Waals surface area contributed by atoms with Gasteiger partial charge in [0, 0.05) is 18.9 Å². The molecule has 2 aromatic rings. The van der Waals surface area contributed by atoms with Crippen molar-refractivity contribution in [3.63, 3.8) is 0 Å². The molecule has 0 spiro atoms. The summed E-state index contributed by atoms with van der Waals surface area (Å²) in [6, 6.07) is 6.53. The maximum Gasteiger partial charge on any atom is 0.220 e. The number of nitrogens with zero attached hydrogens (tertiary/aromatic N) is 3. The first kappa shape index (κ1) is 15.7. The van der Waals surface area contributed by atoms with Crippen molar-refractivity contribution in [2.24, 2.45) is 0 Å². The van der Waals surface area contributed by atoms with Crippen molar-refractivity contribution >= 4 is 5.91 Å². The van der Waals surface area contributed by atoms with Crippen LogP contribution in [0.5, 0.6) is 0 Å². The molecular weight excluding hydrogens is 288 g/mol. The zero-order valence-electron chi connectivity index (χ0n) is 13.9. The predicted octanol–water partition coefficient (Wildman–Crippen LogP) is 2.88. The quantitative estimate of drug-likeness (QED) is 0.923. The van der Waals surface area contributed by atoms with Crippen LogP contribution in [0.15, 0.2) is 24.5 Å². The number of carbonyl (C=O) groups is 1. The van der Waals surface area contributed by atoms with Crippen molar-refractivity contribution in [3.05, 3.63) is 41.5 Å². The maximum absolute atomic E-state index is 12.1. The summed E-state index contributed by atoms with van der Waals surface area (Å²) in [6.07, 6.45) is 7.31. The molecule has 1 aliphatic carbocycles. The van der Waals surface area contributed by atoms with Crippen molar-refractivity contribution in [3.8, 4) is 5.69 Å². The van der Waals surface area contributed by atoms with Crippen molar-refractivity contribution in [1.82, 2.24) is 20.1 Å². The number of hydrogen-bond acceptors (Lipinski definition) is 3. The standard InChI is InChI=1S/C18H24N4O/c1-13-6-5-9-16(14(13)2)22-17(19-12-20-22)10-11-18(23)21-15-7-3-4-8-15/h5-6,9,12,15H,3-4,7-8,10-11H2,1-2H3,(H,21,23). The van der Waals surface area contributed by atoms with Crippen LogP contribution < -0.4 is 5.32 Å². The van der Waals surface area contributed by atoms with Gasteiger partial charge in [-0.25, -0.2) is 9.67 Å². The van der Waals surface area contributed by atoms with Crippen LogP contribution in [0.3, 0.4) is 0 Å². The average molecular weight is 312 g/mol. The van der Waals surface area contributed by atoms with Crippen molar-refractivity contribution in [2.75, 3.05) is 0 Å². The SMILES string of the molecule is Cc1cccc(-n2ncnc2CCC(=O)NC2CCCC2)c1C. The summed E-state index contributed by atoms with van der Waals surface area (Å²) in [5.41, 5.74) is 3.45. The van der Waals surface area contributed by atoms with Gasteiger partial charge in [0.25, 0.3) is 0 Å². The van der Waals surface area contributed by atoms with Crippen LogP contribution in [-0.2, 0) is 11.2 Å². The number of amides is 1. The molecule has 1 aromatic carbocycles. The van der Waals surface area contributed by atoms with E-state index in [-0.39, 0.29) is 5.91 Å². The Balaban J connectivity index is 1.66. The smallest absolute Gasteiger partial charge is 0.220 e. The Labute approximate surface area is 137 Å². The zero-order chi connectivity index (χ0) is 16.2. The van der Waals surface area contributed by atoms with E-state index >= 15 is 0 Å². The number of carbonyl (C=O) groups excluding carboxylic acids is 1. The van der Waals surface area contributed by atoms with Crippen molar-refractivity contribution in [2.45, 2.75) is 58.4 Å². The number of nitrogens with one attached hydrogen (secondary N) is 1. The molecule has 1 heterocycles. The van der Waals surface area contributed by atoms with E-state index in [1.54, 1.807) is 6.33 Å². The molecule has 1 N–H and O–H groups in total. The topological polar surface area (TPSA) is 59.8 Å². The number of aryl methyl sites for hydroxylation is 2. The number of aromatic nitrogens is 3. The van der Waals surface area contributed by atoms with Gasteiger partial charge in [-0.2, -0.15) is 5.10 Å². The van der Waals surface area contributed by atoms with Crippen LogP contribution in [0.25, 0.3) is 5.69 Å². The molecule has 0 bridgehead atoms. The summed E-state index contributed by atoms with van der Waals surface area (Å²) in [7, 11) is 0. The molecule has 122 valence electrons. The highest BCUT2D eigenvalue weighted by atomic mass is 16.1. The van der Waals surface area contributed by atoms with Gasteiger partial charge in [0.15, 0.2) is 0 Å². The molecule has 1 amide bonds. The minimum atomic E-state index is 0.118. The third-order valence-electron chi connectivity index (χ3n) is 4.72. The van der Waals surface area contributed by atoms with Gasteiger partial charge in [-0.1, -0.05) is 25.0 Å². The predicted molar refractivity (Wildman–Crippen MR) is 89.6 cm³/mol. The van der Waals surface area contributed by atoms with Gasteiger partial charge in [-0.05, 0) is 43.9 Å². The Morgan fingerprint density at radius 1 is 1.30 bits per heavy atom. The molecule has 1 aromatic heterocycles. The normalized spacial score (nSPS) is 15.0. The van der Waals surface area contributed by atoms with E-state index in [0.717, 1.165) is 24.4 Å². The Morgan fingerprint density at radius 3 is 2.87 bits per heavy atom. The summed E-state index contributed by atoms with van der Waals surface area (Å²) in [6.45, 7) is 4.17. The van der Waals surface area contributed by atoms with Crippen LogP contribution in [0.1, 0.15) is 49.1 Å². The number of hydrogen-bond donors (Lipinski definition) is 1. The summed E-state index contributed by atoms with van der Waals surface area (Å²) >= 11 is 0. The fourth-order valence-electron chi connectivity index (χ4n) is 3.20. The van der Waals surface area contributed by atoms with E-state index in [4.69, 9.17) is 0 Å². The second-order valence-corrected chi connectivity index (χ2v) is 6.36. The second-order valence-electron chi connectivity index (χ2n) is 6.36. The molecule has 0 saturated heterocycles. The lowest BCUT2D eigenvalue weighted by Gasteiger charge is -2.13. The highest BCUT2D eigenvalue weighted by Crippen LogP contribution is 2.19. The lowest BCUT2D eigenvalue weighted by Crippen LogP contribution is -2.32. The van der Waals surface area contributed by atoms with Crippen LogP contribution in [0, 0.1) is 13.8 Å². The monoisotopic (exact) mass is 312 g/mol. The van der Waals surface area contributed by atoms with Gasteiger partial charge in [0.1, 0.15) is 12.2 Å². The maximum atomic E-state index is 12.1. The first-order valence-electron chi connectivity index (χ1n) is 8.40. The summed E-state index contributed by atoms with van der Waals surface area (Å²) in [5, 5.41) is 7.47. The van der Waals surface area contributed by atoms with Gasteiger partial charge >= 0.3 is 0 Å². The van der Waals surface area contributed by atoms with Gasteiger partial charge < -0.3 is 5.32 Å². The highest BCUT2D eigenvalue weighted by Gasteiger charge is 2.18. The van der Waals surface area contributed by atoms with Crippen LogP contribution in [0.2, 0.25) is 0 Å². The Hall–Kier alpha value is -2.17. The molecule has 1 aliphatic rings. The first-order chi connectivity index (χ1) is 11.1. The van der Waals surface area contributed by atoms with Crippen LogP contribution in [-0.4, -0.2) is 26.7 Å². The third kappa shape index (κ3) is 3.60. The number of benzene rings is 1. The molecule has 0 radical (unpaired) electrons. The van der Waals surface area contributed by atoms with Crippen molar-refractivity contribution in [1.29, 1.82) is 0 Å². The molecule has 3 rings (SSSR count). The summed E-state index contributed by atoms with van der Waals surface area (Å²) in [5.74, 6) is 0.952. The average Bonchev–Trinajstić information content (AvgIpc) is 3.19. The molecule has 0 atom stereocenters. The second kappa shape index (κ2) is 6.94. The lowest BCUT2D eigenvalue weighted by molar-refractivity contribution is -0.121. The fraction of sp³-hybridized carbons (Fsp3) is 0.500. The van der Waals surface area contributed by atoms with E-state index in [1.165, 1.54) is 24.0 Å². The van der Waals surface area contributed by atoms with Crippen LogP contribution in [0.4, 0.5) is 0 Å². The lowest BCUT2D eigenvalue weighted by atomic mass is 10.1. The molecule has 0 aliphatic heterocycles. The molecule has 5 heteroatoms. The molecule has 1 saturated carbocycles. The van der Waals surface area contributed by atoms with E-state index in [0.29, 0.717) is 18.9 Å². The van der Waals surface area contributed by atoms with E-state index in [1.807, 2.05) is 16.8 Å². The number of rotatable bonds is 5. The van der Waals surface area contributed by atoms with Crippen molar-refractivity contribution < 1.29 is 4.79 Å². The van der Waals surface area contributed by atoms with E-state index in [9.17, 15) is 4.79 Å². The largest absolute Gasteiger partial charge is 0.353 e. The van der Waals surface area contributed by atoms with Gasteiger partial charge in [-0.3, -0.25) is 4.79 Å². The molecule has 5 nitrogen and oxygen atoms in total. The Kier molecular flexibility index (Phi) is 4.74.